The number of rotatable bonds is 4. The highest BCUT2D eigenvalue weighted by Crippen LogP contribution is 2.17. The Kier molecular flexibility index (Phi) is 3.79. The highest BCUT2D eigenvalue weighted by molar-refractivity contribution is 6.28. The third-order valence-electron chi connectivity index (χ3n) is 2.95. The van der Waals surface area contributed by atoms with E-state index in [9.17, 15) is 0 Å². The van der Waals surface area contributed by atoms with Gasteiger partial charge in [0.1, 0.15) is 0 Å². The van der Waals surface area contributed by atoms with Gasteiger partial charge in [-0.3, -0.25) is 0 Å². The van der Waals surface area contributed by atoms with Crippen molar-refractivity contribution in [2.24, 2.45) is 0 Å². The molecule has 0 bridgehead atoms. The summed E-state index contributed by atoms with van der Waals surface area (Å²) in [6, 6.07) is 11.9. The van der Waals surface area contributed by atoms with Crippen molar-refractivity contribution in [3.8, 4) is 5.95 Å². The topological polar surface area (TPSA) is 68.5 Å². The minimum Gasteiger partial charge on any atom is -0.348 e. The highest BCUT2D eigenvalue weighted by atomic mass is 35.5. The fraction of sp³-hybridized carbons (Fsp3) is 0.143. The largest absolute Gasteiger partial charge is 0.348 e. The predicted octanol–water partition coefficient (Wildman–Crippen LogP) is 2.88. The summed E-state index contributed by atoms with van der Waals surface area (Å²) in [4.78, 5) is 12.5. The van der Waals surface area contributed by atoms with E-state index in [4.69, 9.17) is 11.6 Å². The van der Waals surface area contributed by atoms with Gasteiger partial charge in [-0.2, -0.15) is 20.1 Å². The number of aromatic nitrogens is 5. The maximum atomic E-state index is 5.95. The Balaban J connectivity index is 1.86. The molecule has 6 nitrogen and oxygen atoms in total. The molecule has 0 aliphatic heterocycles. The molecule has 0 aliphatic rings. The van der Waals surface area contributed by atoms with Crippen LogP contribution in [-0.4, -0.2) is 24.7 Å². The predicted molar refractivity (Wildman–Crippen MR) is 80.4 cm³/mol. The molecule has 2 aromatic heterocycles. The van der Waals surface area contributed by atoms with Crippen LogP contribution in [0.1, 0.15) is 18.5 Å². The summed E-state index contributed by atoms with van der Waals surface area (Å²) in [6.07, 6.45) is 3.40. The van der Waals surface area contributed by atoms with E-state index in [0.29, 0.717) is 11.9 Å². The molecule has 0 saturated carbocycles. The van der Waals surface area contributed by atoms with Gasteiger partial charge in [0.15, 0.2) is 0 Å². The van der Waals surface area contributed by atoms with E-state index >= 15 is 0 Å². The van der Waals surface area contributed by atoms with Gasteiger partial charge in [0.25, 0.3) is 5.95 Å². The lowest BCUT2D eigenvalue weighted by molar-refractivity contribution is 0.783. The molecule has 1 aromatic carbocycles. The maximum absolute atomic E-state index is 5.95. The van der Waals surface area contributed by atoms with Crippen LogP contribution in [0, 0.1) is 0 Å². The molecule has 2 heterocycles. The van der Waals surface area contributed by atoms with E-state index in [1.807, 2.05) is 37.3 Å². The van der Waals surface area contributed by atoms with Crippen LogP contribution >= 0.6 is 11.6 Å². The third kappa shape index (κ3) is 3.17. The van der Waals surface area contributed by atoms with E-state index < -0.39 is 0 Å². The molecule has 0 radical (unpaired) electrons. The molecule has 0 amide bonds. The number of nitrogens with one attached hydrogen (secondary N) is 1. The average molecular weight is 301 g/mol. The maximum Gasteiger partial charge on any atom is 0.256 e. The van der Waals surface area contributed by atoms with E-state index in [1.54, 1.807) is 18.5 Å². The van der Waals surface area contributed by atoms with Gasteiger partial charge < -0.3 is 5.32 Å². The molecule has 0 fully saturated rings. The number of nitrogens with zero attached hydrogens (tertiary/aromatic N) is 5. The lowest BCUT2D eigenvalue weighted by Gasteiger charge is -2.14. The normalized spacial score (nSPS) is 12.1. The minimum absolute atomic E-state index is 0.0511. The van der Waals surface area contributed by atoms with Crippen LogP contribution < -0.4 is 5.32 Å². The van der Waals surface area contributed by atoms with Gasteiger partial charge >= 0.3 is 0 Å². The molecule has 0 spiro atoms. The van der Waals surface area contributed by atoms with Crippen molar-refractivity contribution in [3.63, 3.8) is 0 Å². The van der Waals surface area contributed by atoms with Crippen LogP contribution in [0.2, 0.25) is 5.28 Å². The van der Waals surface area contributed by atoms with Crippen LogP contribution in [0.25, 0.3) is 5.95 Å². The number of anilines is 1. The Hall–Kier alpha value is -2.47. The van der Waals surface area contributed by atoms with Crippen molar-refractivity contribution in [3.05, 3.63) is 59.6 Å². The summed E-state index contributed by atoms with van der Waals surface area (Å²) >= 11 is 5.95. The summed E-state index contributed by atoms with van der Waals surface area (Å²) in [6.45, 7) is 2.03. The first-order valence-electron chi connectivity index (χ1n) is 6.45. The monoisotopic (exact) mass is 300 g/mol. The molecule has 106 valence electrons. The van der Waals surface area contributed by atoms with Gasteiger partial charge in [-0.05, 0) is 30.2 Å². The second-order valence-corrected chi connectivity index (χ2v) is 4.79. The smallest absolute Gasteiger partial charge is 0.256 e. The molecule has 21 heavy (non-hydrogen) atoms. The quantitative estimate of drug-likeness (QED) is 0.802. The Morgan fingerprint density at radius 1 is 1.10 bits per heavy atom. The summed E-state index contributed by atoms with van der Waals surface area (Å²) in [5, 5.41) is 7.42. The standard InChI is InChI=1S/C14H13ClN6/c1-10(11-6-3-2-4-7-11)17-13-18-12(15)19-14(20-13)21-9-5-8-16-21/h2-10H,1H3,(H,17,18,19,20). The number of benzene rings is 1. The molecule has 7 heteroatoms. The zero-order valence-corrected chi connectivity index (χ0v) is 12.1. The Labute approximate surface area is 126 Å². The SMILES string of the molecule is CC(Nc1nc(Cl)nc(-n2cccn2)n1)c1ccccc1. The Bertz CT molecular complexity index is 714. The first kappa shape index (κ1) is 13.5. The van der Waals surface area contributed by atoms with Crippen molar-refractivity contribution < 1.29 is 0 Å². The lowest BCUT2D eigenvalue weighted by Crippen LogP contribution is -2.12. The van der Waals surface area contributed by atoms with Gasteiger partial charge in [0, 0.05) is 12.4 Å². The molecule has 1 N–H and O–H groups in total. The van der Waals surface area contributed by atoms with Gasteiger partial charge in [-0.1, -0.05) is 30.3 Å². The van der Waals surface area contributed by atoms with Crippen molar-refractivity contribution in [1.82, 2.24) is 24.7 Å². The van der Waals surface area contributed by atoms with Crippen LogP contribution in [0.15, 0.2) is 48.8 Å². The van der Waals surface area contributed by atoms with Crippen LogP contribution in [-0.2, 0) is 0 Å². The molecule has 3 aromatic rings. The van der Waals surface area contributed by atoms with E-state index in [-0.39, 0.29) is 11.3 Å². The van der Waals surface area contributed by atoms with E-state index in [1.165, 1.54) is 4.68 Å². The molecule has 0 saturated heterocycles. The fourth-order valence-corrected chi connectivity index (χ4v) is 2.07. The van der Waals surface area contributed by atoms with Crippen molar-refractivity contribution in [2.45, 2.75) is 13.0 Å². The molecular weight excluding hydrogens is 288 g/mol. The molecule has 0 aliphatic carbocycles. The van der Waals surface area contributed by atoms with E-state index in [2.05, 4.69) is 25.4 Å². The first-order chi connectivity index (χ1) is 10.2. The summed E-state index contributed by atoms with van der Waals surface area (Å²) < 4.78 is 1.53. The second kappa shape index (κ2) is 5.88. The molecule has 3 rings (SSSR count). The number of halogens is 1. The van der Waals surface area contributed by atoms with Crippen molar-refractivity contribution in [1.29, 1.82) is 0 Å². The Morgan fingerprint density at radius 2 is 1.90 bits per heavy atom. The summed E-state index contributed by atoms with van der Waals surface area (Å²) in [5.74, 6) is 0.791. The molecule has 1 unspecified atom stereocenters. The number of hydrogen-bond acceptors (Lipinski definition) is 5. The van der Waals surface area contributed by atoms with Crippen molar-refractivity contribution >= 4 is 17.5 Å². The van der Waals surface area contributed by atoms with Crippen LogP contribution in [0.5, 0.6) is 0 Å². The van der Waals surface area contributed by atoms with Gasteiger partial charge in [0.2, 0.25) is 11.2 Å². The lowest BCUT2D eigenvalue weighted by atomic mass is 10.1. The first-order valence-corrected chi connectivity index (χ1v) is 6.83. The fourth-order valence-electron chi connectivity index (χ4n) is 1.91. The van der Waals surface area contributed by atoms with Gasteiger partial charge in [-0.15, -0.1) is 0 Å². The summed E-state index contributed by atoms with van der Waals surface area (Å²) in [5.41, 5.74) is 1.13. The van der Waals surface area contributed by atoms with Crippen LogP contribution in [0.4, 0.5) is 5.95 Å². The third-order valence-corrected chi connectivity index (χ3v) is 3.12. The van der Waals surface area contributed by atoms with Gasteiger partial charge in [0.05, 0.1) is 6.04 Å². The molecular formula is C14H13ClN6. The highest BCUT2D eigenvalue weighted by Gasteiger charge is 2.10. The van der Waals surface area contributed by atoms with Gasteiger partial charge in [-0.25, -0.2) is 4.68 Å². The number of hydrogen-bond donors (Lipinski definition) is 1. The second-order valence-electron chi connectivity index (χ2n) is 4.46. The minimum atomic E-state index is 0.0511. The zero-order chi connectivity index (χ0) is 14.7. The van der Waals surface area contributed by atoms with E-state index in [0.717, 1.165) is 5.56 Å². The van der Waals surface area contributed by atoms with Crippen molar-refractivity contribution in [2.75, 3.05) is 5.32 Å². The van der Waals surface area contributed by atoms with Crippen LogP contribution in [0.3, 0.4) is 0 Å². The average Bonchev–Trinajstić information content (AvgIpc) is 3.02. The molecule has 1 atom stereocenters. The zero-order valence-electron chi connectivity index (χ0n) is 11.3. The Morgan fingerprint density at radius 3 is 2.62 bits per heavy atom. The summed E-state index contributed by atoms with van der Waals surface area (Å²) in [7, 11) is 0.